The number of nitro benzene ring substituents is 1. The molecular weight excluding hydrogens is 222 g/mol. The number of amides is 1. The number of hydrogen-bond donors (Lipinski definition) is 1. The highest BCUT2D eigenvalue weighted by Gasteiger charge is 2.20. The van der Waals surface area contributed by atoms with E-state index in [0.717, 1.165) is 0 Å². The number of rotatable bonds is 2. The average molecular weight is 235 g/mol. The molecule has 6 heteroatoms. The third kappa shape index (κ3) is 2.52. The van der Waals surface area contributed by atoms with E-state index in [2.05, 4.69) is 5.32 Å². The zero-order chi connectivity index (χ0) is 12.3. The van der Waals surface area contributed by atoms with Crippen molar-refractivity contribution in [1.82, 2.24) is 5.32 Å². The Labute approximate surface area is 98.4 Å². The molecule has 0 radical (unpaired) electrons. The van der Waals surface area contributed by atoms with Gasteiger partial charge in [-0.25, -0.2) is 0 Å². The Morgan fingerprint density at radius 3 is 2.82 bits per heavy atom. The smallest absolute Gasteiger partial charge is 0.292 e. The van der Waals surface area contributed by atoms with Crippen LogP contribution in [0.5, 0.6) is 0 Å². The fraction of sp³-hybridized carbons (Fsp3) is 0.364. The lowest BCUT2D eigenvalue weighted by atomic mass is 10.2. The lowest BCUT2D eigenvalue weighted by molar-refractivity contribution is -0.384. The quantitative estimate of drug-likeness (QED) is 0.611. The SMILES string of the molecule is O=C1CCN(c2ccccc2[N+](=O)[O-])CCN1. The van der Waals surface area contributed by atoms with Crippen molar-refractivity contribution >= 4 is 17.3 Å². The van der Waals surface area contributed by atoms with Crippen LogP contribution < -0.4 is 10.2 Å². The molecule has 1 aliphatic heterocycles. The zero-order valence-electron chi connectivity index (χ0n) is 9.26. The predicted octanol–water partition coefficient (Wildman–Crippen LogP) is 0.921. The Balaban J connectivity index is 2.26. The second-order valence-electron chi connectivity index (χ2n) is 3.83. The molecule has 0 unspecified atom stereocenters. The maximum atomic E-state index is 11.2. The van der Waals surface area contributed by atoms with Crippen LogP contribution in [0.15, 0.2) is 24.3 Å². The van der Waals surface area contributed by atoms with Gasteiger partial charge in [0, 0.05) is 32.1 Å². The van der Waals surface area contributed by atoms with Gasteiger partial charge in [0.05, 0.1) is 4.92 Å². The van der Waals surface area contributed by atoms with Gasteiger partial charge < -0.3 is 10.2 Å². The van der Waals surface area contributed by atoms with Crippen LogP contribution in [0.3, 0.4) is 0 Å². The normalized spacial score (nSPS) is 16.2. The number of nitrogens with one attached hydrogen (secondary N) is 1. The topological polar surface area (TPSA) is 75.5 Å². The van der Waals surface area contributed by atoms with Crippen LogP contribution >= 0.6 is 0 Å². The number of para-hydroxylation sites is 2. The second-order valence-corrected chi connectivity index (χ2v) is 3.83. The summed E-state index contributed by atoms with van der Waals surface area (Å²) in [5, 5.41) is 13.7. The van der Waals surface area contributed by atoms with Crippen molar-refractivity contribution in [2.45, 2.75) is 6.42 Å². The molecule has 0 bridgehead atoms. The lowest BCUT2D eigenvalue weighted by Gasteiger charge is -2.21. The molecule has 0 atom stereocenters. The molecule has 1 fully saturated rings. The van der Waals surface area contributed by atoms with E-state index in [1.807, 2.05) is 4.90 Å². The van der Waals surface area contributed by atoms with Crippen molar-refractivity contribution < 1.29 is 9.72 Å². The Bertz CT molecular complexity index is 447. The van der Waals surface area contributed by atoms with Crippen LogP contribution in [-0.2, 0) is 4.79 Å². The minimum Gasteiger partial charge on any atom is -0.364 e. The summed E-state index contributed by atoms with van der Waals surface area (Å²) in [5.74, 6) is -0.00826. The number of carbonyl (C=O) groups is 1. The number of hydrogen-bond acceptors (Lipinski definition) is 4. The van der Waals surface area contributed by atoms with Crippen molar-refractivity contribution in [3.63, 3.8) is 0 Å². The minimum atomic E-state index is -0.393. The van der Waals surface area contributed by atoms with Crippen LogP contribution in [0.1, 0.15) is 6.42 Å². The lowest BCUT2D eigenvalue weighted by Crippen LogP contribution is -2.28. The van der Waals surface area contributed by atoms with E-state index in [4.69, 9.17) is 0 Å². The first kappa shape index (κ1) is 11.4. The highest BCUT2D eigenvalue weighted by Crippen LogP contribution is 2.27. The Morgan fingerprint density at radius 1 is 1.29 bits per heavy atom. The first-order chi connectivity index (χ1) is 8.18. The highest BCUT2D eigenvalue weighted by molar-refractivity contribution is 5.77. The van der Waals surface area contributed by atoms with Gasteiger partial charge in [-0.15, -0.1) is 0 Å². The predicted molar refractivity (Wildman–Crippen MR) is 62.9 cm³/mol. The van der Waals surface area contributed by atoms with E-state index in [9.17, 15) is 14.9 Å². The van der Waals surface area contributed by atoms with Gasteiger partial charge in [-0.1, -0.05) is 12.1 Å². The largest absolute Gasteiger partial charge is 0.364 e. The van der Waals surface area contributed by atoms with Crippen LogP contribution in [0.4, 0.5) is 11.4 Å². The minimum absolute atomic E-state index is 0.00826. The molecule has 0 aromatic heterocycles. The molecule has 1 aromatic rings. The molecule has 17 heavy (non-hydrogen) atoms. The van der Waals surface area contributed by atoms with Crippen LogP contribution in [0.2, 0.25) is 0 Å². The summed E-state index contributed by atoms with van der Waals surface area (Å²) < 4.78 is 0. The van der Waals surface area contributed by atoms with Crippen LogP contribution in [0, 0.1) is 10.1 Å². The summed E-state index contributed by atoms with van der Waals surface area (Å²) in [5.41, 5.74) is 0.663. The van der Waals surface area contributed by atoms with Gasteiger partial charge in [0.25, 0.3) is 5.69 Å². The highest BCUT2D eigenvalue weighted by atomic mass is 16.6. The summed E-state index contributed by atoms with van der Waals surface area (Å²) in [6.07, 6.45) is 0.367. The maximum Gasteiger partial charge on any atom is 0.292 e. The standard InChI is InChI=1S/C11H13N3O3/c15-11-5-7-13(8-6-12-11)9-3-1-2-4-10(9)14(16)17/h1-4H,5-8H2,(H,12,15). The number of carbonyl (C=O) groups excluding carboxylic acids is 1. The van der Waals surface area contributed by atoms with Gasteiger partial charge in [0.2, 0.25) is 5.91 Å². The van der Waals surface area contributed by atoms with E-state index in [1.54, 1.807) is 18.2 Å². The number of benzene rings is 1. The number of nitrogens with zero attached hydrogens (tertiary/aromatic N) is 2. The molecule has 1 aromatic carbocycles. The van der Waals surface area contributed by atoms with Crippen molar-refractivity contribution in [3.05, 3.63) is 34.4 Å². The number of anilines is 1. The van der Waals surface area contributed by atoms with E-state index in [0.29, 0.717) is 31.7 Å². The maximum absolute atomic E-state index is 11.2. The van der Waals surface area contributed by atoms with Gasteiger partial charge in [0.1, 0.15) is 5.69 Å². The summed E-state index contributed by atoms with van der Waals surface area (Å²) in [6, 6.07) is 6.61. The molecule has 1 saturated heterocycles. The zero-order valence-corrected chi connectivity index (χ0v) is 9.26. The Kier molecular flexibility index (Phi) is 3.22. The van der Waals surface area contributed by atoms with Crippen molar-refractivity contribution in [3.8, 4) is 0 Å². The Hall–Kier alpha value is -2.11. The fourth-order valence-corrected chi connectivity index (χ4v) is 1.89. The molecule has 1 heterocycles. The van der Waals surface area contributed by atoms with Crippen LogP contribution in [0.25, 0.3) is 0 Å². The molecule has 90 valence electrons. The molecule has 6 nitrogen and oxygen atoms in total. The first-order valence-corrected chi connectivity index (χ1v) is 5.43. The van der Waals surface area contributed by atoms with Gasteiger partial charge >= 0.3 is 0 Å². The summed E-state index contributed by atoms with van der Waals surface area (Å²) in [6.45, 7) is 1.62. The van der Waals surface area contributed by atoms with E-state index in [-0.39, 0.29) is 11.6 Å². The molecular formula is C11H13N3O3. The number of nitro groups is 1. The molecule has 0 spiro atoms. The first-order valence-electron chi connectivity index (χ1n) is 5.43. The van der Waals surface area contributed by atoms with E-state index < -0.39 is 4.92 Å². The molecule has 1 amide bonds. The Morgan fingerprint density at radius 2 is 2.06 bits per heavy atom. The van der Waals surface area contributed by atoms with Crippen molar-refractivity contribution in [1.29, 1.82) is 0 Å². The van der Waals surface area contributed by atoms with Crippen LogP contribution in [-0.4, -0.2) is 30.5 Å². The summed E-state index contributed by atoms with van der Waals surface area (Å²) in [7, 11) is 0. The average Bonchev–Trinajstić information content (AvgIpc) is 2.54. The van der Waals surface area contributed by atoms with Gasteiger partial charge in [-0.2, -0.15) is 0 Å². The van der Waals surface area contributed by atoms with Crippen molar-refractivity contribution in [2.24, 2.45) is 0 Å². The van der Waals surface area contributed by atoms with Gasteiger partial charge in [-0.3, -0.25) is 14.9 Å². The second kappa shape index (κ2) is 4.82. The van der Waals surface area contributed by atoms with Gasteiger partial charge in [-0.05, 0) is 6.07 Å². The fourth-order valence-electron chi connectivity index (χ4n) is 1.89. The molecule has 0 saturated carbocycles. The monoisotopic (exact) mass is 235 g/mol. The third-order valence-electron chi connectivity index (χ3n) is 2.73. The van der Waals surface area contributed by atoms with Crippen molar-refractivity contribution in [2.75, 3.05) is 24.5 Å². The summed E-state index contributed by atoms with van der Waals surface area (Å²) >= 11 is 0. The van der Waals surface area contributed by atoms with E-state index >= 15 is 0 Å². The molecule has 2 rings (SSSR count). The molecule has 1 aliphatic rings. The van der Waals surface area contributed by atoms with Gasteiger partial charge in [0.15, 0.2) is 0 Å². The summed E-state index contributed by atoms with van der Waals surface area (Å²) in [4.78, 5) is 23.6. The molecule has 1 N–H and O–H groups in total. The van der Waals surface area contributed by atoms with E-state index in [1.165, 1.54) is 6.07 Å². The molecule has 0 aliphatic carbocycles. The third-order valence-corrected chi connectivity index (χ3v) is 2.73.